The number of likely N-dealkylation sites (tertiary alicyclic amines) is 1. The molecule has 3 heteroatoms. The molecule has 1 N–H and O–H groups in total. The maximum atomic E-state index is 9.36. The van der Waals surface area contributed by atoms with Crippen LogP contribution >= 0.6 is 0 Å². The van der Waals surface area contributed by atoms with Crippen LogP contribution in [0.4, 0.5) is 0 Å². The van der Waals surface area contributed by atoms with Crippen LogP contribution in [0.2, 0.25) is 0 Å². The van der Waals surface area contributed by atoms with Gasteiger partial charge in [-0.05, 0) is 64.0 Å². The van der Waals surface area contributed by atoms with Crippen LogP contribution in [0.25, 0.3) is 0 Å². The minimum Gasteiger partial charge on any atom is -0.303 e. The Morgan fingerprint density at radius 1 is 1.42 bits per heavy atom. The van der Waals surface area contributed by atoms with Crippen LogP contribution in [0.15, 0.2) is 0 Å². The van der Waals surface area contributed by atoms with Crippen LogP contribution in [0, 0.1) is 16.7 Å². The number of nitriles is 1. The monoisotopic (exact) mass is 263 g/mol. The Balaban J connectivity index is 1.71. The second-order valence-corrected chi connectivity index (χ2v) is 7.51. The third kappa shape index (κ3) is 4.78. The molecule has 1 saturated heterocycles. The smallest absolute Gasteiger partial charge is 0.104 e. The van der Waals surface area contributed by atoms with Gasteiger partial charge in [0.1, 0.15) is 5.54 Å². The van der Waals surface area contributed by atoms with E-state index in [1.54, 1.807) is 0 Å². The fraction of sp³-hybridized carbons (Fsp3) is 0.938. The molecule has 1 aliphatic heterocycles. The van der Waals surface area contributed by atoms with E-state index >= 15 is 0 Å². The van der Waals surface area contributed by atoms with Gasteiger partial charge >= 0.3 is 0 Å². The Morgan fingerprint density at radius 2 is 2.16 bits per heavy atom. The minimum absolute atomic E-state index is 0.313. The standard InChI is InChI=1S/C16H29N3/c1-15(2)8-4-10-19(13-15)11-5-9-16(3,12-17)18-14-6-7-14/h14,18H,4-11,13H2,1-3H3. The molecular formula is C16H29N3. The Labute approximate surface area is 118 Å². The van der Waals surface area contributed by atoms with E-state index in [0.717, 1.165) is 19.4 Å². The average molecular weight is 263 g/mol. The molecule has 1 saturated carbocycles. The van der Waals surface area contributed by atoms with Crippen molar-refractivity contribution >= 4 is 0 Å². The highest BCUT2D eigenvalue weighted by atomic mass is 15.1. The molecular weight excluding hydrogens is 234 g/mol. The third-order valence-corrected chi connectivity index (χ3v) is 4.48. The van der Waals surface area contributed by atoms with E-state index in [9.17, 15) is 5.26 Å². The summed E-state index contributed by atoms with van der Waals surface area (Å²) in [4.78, 5) is 2.58. The molecule has 19 heavy (non-hydrogen) atoms. The quantitative estimate of drug-likeness (QED) is 0.801. The molecule has 0 spiro atoms. The van der Waals surface area contributed by atoms with Crippen molar-refractivity contribution in [2.45, 2.75) is 70.9 Å². The topological polar surface area (TPSA) is 39.1 Å². The van der Waals surface area contributed by atoms with E-state index in [0.29, 0.717) is 11.5 Å². The van der Waals surface area contributed by atoms with Crippen molar-refractivity contribution in [1.82, 2.24) is 10.2 Å². The normalized spacial score (nSPS) is 26.6. The molecule has 1 atom stereocenters. The predicted molar refractivity (Wildman–Crippen MR) is 78.9 cm³/mol. The Bertz CT molecular complexity index is 340. The molecule has 1 unspecified atom stereocenters. The van der Waals surface area contributed by atoms with Crippen molar-refractivity contribution < 1.29 is 0 Å². The van der Waals surface area contributed by atoms with Gasteiger partial charge in [0.05, 0.1) is 6.07 Å². The summed E-state index contributed by atoms with van der Waals surface area (Å²) in [6.45, 7) is 10.4. The number of nitrogens with one attached hydrogen (secondary N) is 1. The fourth-order valence-electron chi connectivity index (χ4n) is 3.23. The number of piperidine rings is 1. The number of rotatable bonds is 6. The van der Waals surface area contributed by atoms with Crippen LogP contribution in [-0.4, -0.2) is 36.1 Å². The Hall–Kier alpha value is -0.590. The second kappa shape index (κ2) is 5.81. The highest BCUT2D eigenvalue weighted by molar-refractivity contribution is 5.07. The van der Waals surface area contributed by atoms with E-state index in [2.05, 4.69) is 37.1 Å². The van der Waals surface area contributed by atoms with Crippen LogP contribution in [0.1, 0.15) is 59.3 Å². The maximum absolute atomic E-state index is 9.36. The number of hydrogen-bond donors (Lipinski definition) is 1. The van der Waals surface area contributed by atoms with Gasteiger partial charge in [-0.2, -0.15) is 5.26 Å². The molecule has 2 rings (SSSR count). The number of nitrogens with zero attached hydrogens (tertiary/aromatic N) is 2. The van der Waals surface area contributed by atoms with Crippen molar-refractivity contribution in [3.8, 4) is 6.07 Å². The lowest BCUT2D eigenvalue weighted by atomic mass is 9.84. The lowest BCUT2D eigenvalue weighted by Crippen LogP contribution is -2.44. The van der Waals surface area contributed by atoms with Gasteiger partial charge in [0.25, 0.3) is 0 Å². The van der Waals surface area contributed by atoms with E-state index < -0.39 is 0 Å². The Morgan fingerprint density at radius 3 is 2.74 bits per heavy atom. The highest BCUT2D eigenvalue weighted by Gasteiger charge is 2.32. The molecule has 0 amide bonds. The summed E-state index contributed by atoms with van der Waals surface area (Å²) in [6.07, 6.45) is 7.26. The first-order valence-electron chi connectivity index (χ1n) is 7.84. The van der Waals surface area contributed by atoms with E-state index in [1.807, 2.05) is 0 Å². The summed E-state index contributed by atoms with van der Waals surface area (Å²) in [7, 11) is 0. The molecule has 3 nitrogen and oxygen atoms in total. The van der Waals surface area contributed by atoms with Gasteiger partial charge in [-0.3, -0.25) is 5.32 Å². The molecule has 0 bridgehead atoms. The first-order valence-corrected chi connectivity index (χ1v) is 7.84. The fourth-order valence-corrected chi connectivity index (χ4v) is 3.23. The summed E-state index contributed by atoms with van der Waals surface area (Å²) >= 11 is 0. The Kier molecular flexibility index (Phi) is 4.53. The molecule has 108 valence electrons. The summed E-state index contributed by atoms with van der Waals surface area (Å²) in [5.41, 5.74) is 0.162. The third-order valence-electron chi connectivity index (χ3n) is 4.48. The first-order chi connectivity index (χ1) is 8.92. The minimum atomic E-state index is -0.313. The van der Waals surface area contributed by atoms with Crippen molar-refractivity contribution in [1.29, 1.82) is 5.26 Å². The van der Waals surface area contributed by atoms with Gasteiger partial charge in [0.2, 0.25) is 0 Å². The molecule has 2 aliphatic rings. The second-order valence-electron chi connectivity index (χ2n) is 7.51. The van der Waals surface area contributed by atoms with E-state index in [-0.39, 0.29) is 5.54 Å². The zero-order valence-electron chi connectivity index (χ0n) is 12.8. The summed E-state index contributed by atoms with van der Waals surface area (Å²) < 4.78 is 0. The van der Waals surface area contributed by atoms with Gasteiger partial charge in [0.15, 0.2) is 0 Å². The van der Waals surface area contributed by atoms with E-state index in [1.165, 1.54) is 38.8 Å². The van der Waals surface area contributed by atoms with Gasteiger partial charge in [0, 0.05) is 12.6 Å². The molecule has 2 fully saturated rings. The summed E-state index contributed by atoms with van der Waals surface area (Å²) in [5.74, 6) is 0. The van der Waals surface area contributed by atoms with Crippen molar-refractivity contribution in [3.63, 3.8) is 0 Å². The number of hydrogen-bond acceptors (Lipinski definition) is 3. The summed E-state index contributed by atoms with van der Waals surface area (Å²) in [5, 5.41) is 12.8. The SMILES string of the molecule is CC1(C)CCCN(CCCC(C)(C#N)NC2CC2)C1. The van der Waals surface area contributed by atoms with Crippen molar-refractivity contribution in [2.75, 3.05) is 19.6 Å². The highest BCUT2D eigenvalue weighted by Crippen LogP contribution is 2.29. The molecule has 1 aliphatic carbocycles. The summed E-state index contributed by atoms with van der Waals surface area (Å²) in [6, 6.07) is 3.08. The van der Waals surface area contributed by atoms with Gasteiger partial charge in [-0.15, -0.1) is 0 Å². The van der Waals surface area contributed by atoms with Crippen molar-refractivity contribution in [3.05, 3.63) is 0 Å². The zero-order chi connectivity index (χ0) is 13.9. The zero-order valence-corrected chi connectivity index (χ0v) is 12.8. The lowest BCUT2D eigenvalue weighted by Gasteiger charge is -2.38. The lowest BCUT2D eigenvalue weighted by molar-refractivity contribution is 0.114. The molecule has 1 heterocycles. The van der Waals surface area contributed by atoms with Crippen LogP contribution < -0.4 is 5.32 Å². The van der Waals surface area contributed by atoms with Crippen molar-refractivity contribution in [2.24, 2.45) is 5.41 Å². The van der Waals surface area contributed by atoms with Crippen LogP contribution in [0.5, 0.6) is 0 Å². The van der Waals surface area contributed by atoms with E-state index in [4.69, 9.17) is 0 Å². The van der Waals surface area contributed by atoms with Gasteiger partial charge < -0.3 is 4.90 Å². The van der Waals surface area contributed by atoms with Gasteiger partial charge in [-0.1, -0.05) is 13.8 Å². The first kappa shape index (κ1) is 14.8. The molecule has 0 radical (unpaired) electrons. The maximum Gasteiger partial charge on any atom is 0.104 e. The predicted octanol–water partition coefficient (Wildman–Crippen LogP) is 2.92. The molecule has 0 aromatic rings. The average Bonchev–Trinajstić information content (AvgIpc) is 3.11. The molecule has 0 aromatic heterocycles. The largest absolute Gasteiger partial charge is 0.303 e. The van der Waals surface area contributed by atoms with Gasteiger partial charge in [-0.25, -0.2) is 0 Å². The van der Waals surface area contributed by atoms with Crippen LogP contribution in [0.3, 0.4) is 0 Å². The van der Waals surface area contributed by atoms with Crippen LogP contribution in [-0.2, 0) is 0 Å². The molecule has 0 aromatic carbocycles.